The zero-order chi connectivity index (χ0) is 12.9. The number of rotatable bonds is 3. The van der Waals surface area contributed by atoms with Crippen LogP contribution in [0.25, 0.3) is 6.08 Å². The highest BCUT2D eigenvalue weighted by Crippen LogP contribution is 2.14. The van der Waals surface area contributed by atoms with Crippen molar-refractivity contribution < 1.29 is 4.74 Å². The summed E-state index contributed by atoms with van der Waals surface area (Å²) in [5.41, 5.74) is 2.23. The van der Waals surface area contributed by atoms with Crippen molar-refractivity contribution in [3.8, 4) is 0 Å². The van der Waals surface area contributed by atoms with E-state index in [0.29, 0.717) is 6.61 Å². The van der Waals surface area contributed by atoms with E-state index in [1.807, 2.05) is 48.5 Å². The van der Waals surface area contributed by atoms with Crippen LogP contribution in [-0.2, 0) is 4.74 Å². The Labute approximate surface area is 113 Å². The lowest BCUT2D eigenvalue weighted by atomic mass is 10.2. The molecule has 1 unspecified atom stereocenters. The second-order valence-electron chi connectivity index (χ2n) is 4.45. The molecule has 2 nitrogen and oxygen atoms in total. The predicted octanol–water partition coefficient (Wildman–Crippen LogP) is 3.55. The molecule has 0 saturated heterocycles. The van der Waals surface area contributed by atoms with Crippen LogP contribution in [-0.4, -0.2) is 18.5 Å². The van der Waals surface area contributed by atoms with E-state index in [2.05, 4.69) is 29.3 Å². The second kappa shape index (κ2) is 5.53. The van der Waals surface area contributed by atoms with E-state index < -0.39 is 0 Å². The first-order chi connectivity index (χ1) is 9.42. The lowest BCUT2D eigenvalue weighted by molar-refractivity contribution is 0.332. The standard InChI is InChI=1S/C17H15NO/c1-3-7-14(8-4-1)11-12-16-13-19-17(18-16)15-9-5-2-6-10-15/h1-12,16H,13H2. The Balaban J connectivity index is 1.72. The Hall–Kier alpha value is -2.35. The van der Waals surface area contributed by atoms with Crippen molar-refractivity contribution in [1.82, 2.24) is 0 Å². The molecule has 0 bridgehead atoms. The van der Waals surface area contributed by atoms with Gasteiger partial charge in [0.25, 0.3) is 0 Å². The molecule has 1 aliphatic heterocycles. The van der Waals surface area contributed by atoms with E-state index >= 15 is 0 Å². The Bertz CT molecular complexity index is 587. The molecular formula is C17H15NO. The van der Waals surface area contributed by atoms with E-state index in [1.165, 1.54) is 5.56 Å². The van der Waals surface area contributed by atoms with Gasteiger partial charge in [-0.25, -0.2) is 4.99 Å². The topological polar surface area (TPSA) is 21.6 Å². The molecule has 0 amide bonds. The minimum atomic E-state index is 0.107. The average molecular weight is 249 g/mol. The maximum atomic E-state index is 5.64. The van der Waals surface area contributed by atoms with Gasteiger partial charge in [-0.3, -0.25) is 0 Å². The SMILES string of the molecule is C(=CC1COC(c2ccccc2)=N1)c1ccccc1. The summed E-state index contributed by atoms with van der Waals surface area (Å²) in [6, 6.07) is 20.4. The Morgan fingerprint density at radius 2 is 1.63 bits per heavy atom. The van der Waals surface area contributed by atoms with Crippen LogP contribution in [0, 0.1) is 0 Å². The molecule has 1 heterocycles. The normalized spacial score (nSPS) is 18.3. The minimum absolute atomic E-state index is 0.107. The molecule has 2 heteroatoms. The van der Waals surface area contributed by atoms with Crippen molar-refractivity contribution in [1.29, 1.82) is 0 Å². The number of benzene rings is 2. The fourth-order valence-electron chi connectivity index (χ4n) is 2.01. The van der Waals surface area contributed by atoms with E-state index in [0.717, 1.165) is 11.5 Å². The van der Waals surface area contributed by atoms with E-state index in [9.17, 15) is 0 Å². The van der Waals surface area contributed by atoms with Crippen molar-refractivity contribution in [3.63, 3.8) is 0 Å². The fraction of sp³-hybridized carbons (Fsp3) is 0.118. The first-order valence-electron chi connectivity index (χ1n) is 6.41. The zero-order valence-electron chi connectivity index (χ0n) is 10.6. The maximum absolute atomic E-state index is 5.64. The molecule has 0 fully saturated rings. The highest BCUT2D eigenvalue weighted by molar-refractivity contribution is 5.95. The molecule has 0 N–H and O–H groups in total. The highest BCUT2D eigenvalue weighted by Gasteiger charge is 2.17. The van der Waals surface area contributed by atoms with Crippen LogP contribution in [0.4, 0.5) is 0 Å². The molecule has 0 aromatic heterocycles. The average Bonchev–Trinajstić information content (AvgIpc) is 2.96. The largest absolute Gasteiger partial charge is 0.475 e. The Kier molecular flexibility index (Phi) is 3.41. The zero-order valence-corrected chi connectivity index (χ0v) is 10.6. The first-order valence-corrected chi connectivity index (χ1v) is 6.41. The van der Waals surface area contributed by atoms with Crippen LogP contribution < -0.4 is 0 Å². The van der Waals surface area contributed by atoms with Crippen LogP contribution >= 0.6 is 0 Å². The predicted molar refractivity (Wildman–Crippen MR) is 78.2 cm³/mol. The third-order valence-electron chi connectivity index (χ3n) is 3.01. The third-order valence-corrected chi connectivity index (χ3v) is 3.01. The van der Waals surface area contributed by atoms with Gasteiger partial charge in [-0.05, 0) is 17.7 Å². The summed E-state index contributed by atoms with van der Waals surface area (Å²) in [7, 11) is 0. The molecule has 19 heavy (non-hydrogen) atoms. The number of hydrogen-bond donors (Lipinski definition) is 0. The Morgan fingerprint density at radius 3 is 2.37 bits per heavy atom. The van der Waals surface area contributed by atoms with Crippen molar-refractivity contribution in [2.24, 2.45) is 4.99 Å². The summed E-state index contributed by atoms with van der Waals surface area (Å²) in [5.74, 6) is 0.739. The summed E-state index contributed by atoms with van der Waals surface area (Å²) in [5, 5.41) is 0. The molecule has 0 aliphatic carbocycles. The highest BCUT2D eigenvalue weighted by atomic mass is 16.5. The van der Waals surface area contributed by atoms with Gasteiger partial charge >= 0.3 is 0 Å². The smallest absolute Gasteiger partial charge is 0.216 e. The maximum Gasteiger partial charge on any atom is 0.216 e. The van der Waals surface area contributed by atoms with Gasteiger partial charge in [0.15, 0.2) is 0 Å². The lowest BCUT2D eigenvalue weighted by Crippen LogP contribution is -2.02. The van der Waals surface area contributed by atoms with Gasteiger partial charge in [0.1, 0.15) is 12.6 Å². The molecule has 1 atom stereocenters. The van der Waals surface area contributed by atoms with Crippen molar-refractivity contribution >= 4 is 12.0 Å². The van der Waals surface area contributed by atoms with Crippen LogP contribution in [0.2, 0.25) is 0 Å². The molecule has 0 radical (unpaired) electrons. The van der Waals surface area contributed by atoms with Gasteiger partial charge in [-0.2, -0.15) is 0 Å². The monoisotopic (exact) mass is 249 g/mol. The number of aliphatic imine (C=N–C) groups is 1. The van der Waals surface area contributed by atoms with E-state index in [4.69, 9.17) is 4.74 Å². The van der Waals surface area contributed by atoms with Crippen molar-refractivity contribution in [3.05, 3.63) is 77.9 Å². The number of ether oxygens (including phenoxy) is 1. The second-order valence-corrected chi connectivity index (χ2v) is 4.45. The quantitative estimate of drug-likeness (QED) is 0.815. The first kappa shape index (κ1) is 11.7. The summed E-state index contributed by atoms with van der Waals surface area (Å²) in [4.78, 5) is 4.58. The van der Waals surface area contributed by atoms with E-state index in [-0.39, 0.29) is 6.04 Å². The molecule has 0 saturated carbocycles. The van der Waals surface area contributed by atoms with Gasteiger partial charge in [0.2, 0.25) is 5.90 Å². The van der Waals surface area contributed by atoms with Crippen molar-refractivity contribution in [2.75, 3.05) is 6.61 Å². The van der Waals surface area contributed by atoms with Gasteiger partial charge < -0.3 is 4.74 Å². The van der Waals surface area contributed by atoms with Gasteiger partial charge in [0.05, 0.1) is 0 Å². The third kappa shape index (κ3) is 2.91. The molecule has 2 aromatic rings. The molecular weight excluding hydrogens is 234 g/mol. The van der Waals surface area contributed by atoms with Gasteiger partial charge in [-0.15, -0.1) is 0 Å². The summed E-state index contributed by atoms with van der Waals surface area (Å²) >= 11 is 0. The molecule has 1 aliphatic rings. The number of nitrogens with zero attached hydrogens (tertiary/aromatic N) is 1. The van der Waals surface area contributed by atoms with Crippen LogP contribution in [0.15, 0.2) is 71.7 Å². The summed E-state index contributed by atoms with van der Waals surface area (Å²) in [6.07, 6.45) is 4.18. The number of hydrogen-bond acceptors (Lipinski definition) is 2. The van der Waals surface area contributed by atoms with Gasteiger partial charge in [0, 0.05) is 5.56 Å². The molecule has 94 valence electrons. The summed E-state index contributed by atoms with van der Waals surface area (Å²) in [6.45, 7) is 0.619. The fourth-order valence-corrected chi connectivity index (χ4v) is 2.01. The minimum Gasteiger partial charge on any atom is -0.475 e. The van der Waals surface area contributed by atoms with Crippen LogP contribution in [0.5, 0.6) is 0 Å². The lowest BCUT2D eigenvalue weighted by Gasteiger charge is -1.99. The van der Waals surface area contributed by atoms with Gasteiger partial charge in [-0.1, -0.05) is 60.7 Å². The molecule has 0 spiro atoms. The van der Waals surface area contributed by atoms with Crippen molar-refractivity contribution in [2.45, 2.75) is 6.04 Å². The Morgan fingerprint density at radius 1 is 0.947 bits per heavy atom. The molecule has 2 aromatic carbocycles. The molecule has 3 rings (SSSR count). The van der Waals surface area contributed by atoms with Crippen LogP contribution in [0.1, 0.15) is 11.1 Å². The van der Waals surface area contributed by atoms with Crippen LogP contribution in [0.3, 0.4) is 0 Å². The summed E-state index contributed by atoms with van der Waals surface area (Å²) < 4.78 is 5.64. The van der Waals surface area contributed by atoms with E-state index in [1.54, 1.807) is 0 Å².